The van der Waals surface area contributed by atoms with Crippen molar-refractivity contribution in [1.29, 1.82) is 5.26 Å². The summed E-state index contributed by atoms with van der Waals surface area (Å²) >= 11 is 0. The van der Waals surface area contributed by atoms with E-state index in [1.165, 1.54) is 0 Å². The minimum atomic E-state index is -0.847. The van der Waals surface area contributed by atoms with Crippen molar-refractivity contribution in [3.63, 3.8) is 0 Å². The van der Waals surface area contributed by atoms with E-state index in [1.807, 2.05) is 51.1 Å². The van der Waals surface area contributed by atoms with E-state index in [4.69, 9.17) is 9.47 Å². The first-order chi connectivity index (χ1) is 16.5. The lowest BCUT2D eigenvalue weighted by Gasteiger charge is -2.21. The quantitative estimate of drug-likeness (QED) is 0.662. The molecule has 0 radical (unpaired) electrons. The third-order valence-electron chi connectivity index (χ3n) is 5.60. The van der Waals surface area contributed by atoms with Crippen molar-refractivity contribution in [2.24, 2.45) is 0 Å². The Kier molecular flexibility index (Phi) is 8.31. The van der Waals surface area contributed by atoms with E-state index in [2.05, 4.69) is 16.7 Å². The summed E-state index contributed by atoms with van der Waals surface area (Å²) in [7, 11) is 0. The van der Waals surface area contributed by atoms with Crippen LogP contribution >= 0.6 is 0 Å². The minimum Gasteiger partial charge on any atom is -0.489 e. The highest BCUT2D eigenvalue weighted by atomic mass is 16.5. The SMILES string of the molecule is CC.Cc1cc2ccc1OC/C=C/COc1ccccc1C(=O)N[C@H](C(=O)NC1(C#N)CC1)C2. The molecule has 2 aliphatic heterocycles. The molecule has 2 N–H and O–H groups in total. The molecule has 2 aromatic rings. The molecular formula is C27H31N3O4. The second-order valence-electron chi connectivity index (χ2n) is 8.10. The van der Waals surface area contributed by atoms with E-state index in [0.29, 0.717) is 30.8 Å². The molecule has 1 fully saturated rings. The number of amides is 2. The first-order valence-corrected chi connectivity index (χ1v) is 11.6. The van der Waals surface area contributed by atoms with Crippen LogP contribution in [0.5, 0.6) is 11.5 Å². The predicted molar refractivity (Wildman–Crippen MR) is 130 cm³/mol. The number of nitriles is 1. The van der Waals surface area contributed by atoms with Gasteiger partial charge >= 0.3 is 0 Å². The van der Waals surface area contributed by atoms with Gasteiger partial charge in [0.25, 0.3) is 5.91 Å². The third-order valence-corrected chi connectivity index (χ3v) is 5.60. The number of carbonyl (C=O) groups excluding carboxylic acids is 2. The number of nitrogens with zero attached hydrogens (tertiary/aromatic N) is 1. The molecule has 0 aromatic heterocycles. The van der Waals surface area contributed by atoms with Crippen LogP contribution in [0.25, 0.3) is 0 Å². The Hall–Kier alpha value is -3.79. The van der Waals surface area contributed by atoms with E-state index in [1.54, 1.807) is 24.3 Å². The van der Waals surface area contributed by atoms with Gasteiger partial charge in [0, 0.05) is 6.42 Å². The molecule has 3 aliphatic rings. The van der Waals surface area contributed by atoms with Crippen LogP contribution < -0.4 is 20.1 Å². The predicted octanol–water partition coefficient (Wildman–Crippen LogP) is 3.86. The molecule has 5 rings (SSSR count). The molecule has 1 saturated carbocycles. The Morgan fingerprint density at radius 2 is 1.76 bits per heavy atom. The molecular weight excluding hydrogens is 430 g/mol. The molecule has 2 amide bonds. The third kappa shape index (κ3) is 6.16. The second-order valence-corrected chi connectivity index (χ2v) is 8.10. The van der Waals surface area contributed by atoms with E-state index in [0.717, 1.165) is 16.9 Å². The molecule has 1 atom stereocenters. The molecule has 2 bridgehead atoms. The summed E-state index contributed by atoms with van der Waals surface area (Å²) in [6.07, 6.45) is 5.21. The Balaban J connectivity index is 0.00000158. The lowest BCUT2D eigenvalue weighted by Crippen LogP contribution is -2.51. The Morgan fingerprint density at radius 1 is 1.09 bits per heavy atom. The monoisotopic (exact) mass is 461 g/mol. The zero-order chi connectivity index (χ0) is 24.6. The van der Waals surface area contributed by atoms with E-state index in [-0.39, 0.29) is 18.9 Å². The summed E-state index contributed by atoms with van der Waals surface area (Å²) < 4.78 is 11.6. The average Bonchev–Trinajstić information content (AvgIpc) is 3.62. The van der Waals surface area contributed by atoms with Crippen LogP contribution in [0.4, 0.5) is 0 Å². The Labute approximate surface area is 200 Å². The Morgan fingerprint density at radius 3 is 2.41 bits per heavy atom. The van der Waals surface area contributed by atoms with Crippen LogP contribution in [-0.4, -0.2) is 36.6 Å². The van der Waals surface area contributed by atoms with Crippen LogP contribution in [-0.2, 0) is 11.2 Å². The van der Waals surface area contributed by atoms with Crippen LogP contribution in [0.15, 0.2) is 54.6 Å². The minimum absolute atomic E-state index is 0.278. The van der Waals surface area contributed by atoms with E-state index >= 15 is 0 Å². The summed E-state index contributed by atoms with van der Waals surface area (Å²) in [5.74, 6) is 0.396. The molecule has 178 valence electrons. The molecule has 7 nitrogen and oxygen atoms in total. The highest BCUT2D eigenvalue weighted by Crippen LogP contribution is 2.34. The van der Waals surface area contributed by atoms with Gasteiger partial charge in [0.05, 0.1) is 11.6 Å². The number of rotatable bonds is 2. The first kappa shape index (κ1) is 24.8. The van der Waals surface area contributed by atoms with Crippen LogP contribution in [0.2, 0.25) is 0 Å². The maximum absolute atomic E-state index is 13.1. The van der Waals surface area contributed by atoms with E-state index in [9.17, 15) is 14.9 Å². The molecule has 2 aromatic carbocycles. The number of benzene rings is 2. The normalized spacial score (nSPS) is 19.5. The Bertz CT molecular complexity index is 1100. The number of ether oxygens (including phenoxy) is 2. The lowest BCUT2D eigenvalue weighted by molar-refractivity contribution is -0.123. The van der Waals surface area contributed by atoms with Gasteiger partial charge in [-0.1, -0.05) is 38.1 Å². The number of para-hydroxylation sites is 1. The zero-order valence-electron chi connectivity index (χ0n) is 19.9. The summed E-state index contributed by atoms with van der Waals surface area (Å²) in [5.41, 5.74) is 1.34. The van der Waals surface area contributed by atoms with E-state index < -0.39 is 17.5 Å². The highest BCUT2D eigenvalue weighted by Gasteiger charge is 2.45. The van der Waals surface area contributed by atoms with Gasteiger partial charge in [-0.05, 0) is 61.2 Å². The molecule has 7 heteroatoms. The van der Waals surface area contributed by atoms with Crippen molar-refractivity contribution in [3.05, 3.63) is 71.3 Å². The fourth-order valence-electron chi connectivity index (χ4n) is 3.59. The topological polar surface area (TPSA) is 100 Å². The summed E-state index contributed by atoms with van der Waals surface area (Å²) in [6.45, 7) is 6.61. The fraction of sp³-hybridized carbons (Fsp3) is 0.370. The van der Waals surface area contributed by atoms with Gasteiger partial charge in [-0.2, -0.15) is 5.26 Å². The van der Waals surface area contributed by atoms with Crippen molar-refractivity contribution in [2.75, 3.05) is 13.2 Å². The fourth-order valence-corrected chi connectivity index (χ4v) is 3.59. The molecule has 0 unspecified atom stereocenters. The van der Waals surface area contributed by atoms with Gasteiger partial charge in [0.2, 0.25) is 5.91 Å². The second kappa shape index (κ2) is 11.4. The molecule has 2 heterocycles. The summed E-state index contributed by atoms with van der Waals surface area (Å²) in [4.78, 5) is 26.2. The van der Waals surface area contributed by atoms with Crippen molar-refractivity contribution < 1.29 is 19.1 Å². The maximum atomic E-state index is 13.1. The molecule has 34 heavy (non-hydrogen) atoms. The van der Waals surface area contributed by atoms with Crippen molar-refractivity contribution >= 4 is 11.8 Å². The number of nitrogens with one attached hydrogen (secondary N) is 2. The van der Waals surface area contributed by atoms with Gasteiger partial charge < -0.3 is 20.1 Å². The smallest absolute Gasteiger partial charge is 0.255 e. The maximum Gasteiger partial charge on any atom is 0.255 e. The average molecular weight is 462 g/mol. The molecule has 0 spiro atoms. The molecule has 0 saturated heterocycles. The lowest BCUT2D eigenvalue weighted by atomic mass is 10.0. The standard InChI is InChI=1S/C25H25N3O4.C2H6/c1-17-14-18-8-9-21(17)31-12-4-5-13-32-22-7-3-2-6-19(22)23(29)27-20(15-18)24(30)28-25(16-26)10-11-25;1-2/h2-9,14,20H,10-13,15H2,1H3,(H,27,29)(H,28,30);1-2H3/b5-4+;/t20-;/m0./s1. The zero-order valence-corrected chi connectivity index (χ0v) is 19.9. The van der Waals surface area contributed by atoms with Crippen molar-refractivity contribution in [2.45, 2.75) is 51.6 Å². The summed E-state index contributed by atoms with van der Waals surface area (Å²) in [5, 5.41) is 15.0. The van der Waals surface area contributed by atoms with Crippen molar-refractivity contribution in [1.82, 2.24) is 10.6 Å². The largest absolute Gasteiger partial charge is 0.489 e. The van der Waals surface area contributed by atoms with Gasteiger partial charge in [0.15, 0.2) is 0 Å². The van der Waals surface area contributed by atoms with Crippen LogP contribution in [0, 0.1) is 18.3 Å². The van der Waals surface area contributed by atoms with Gasteiger partial charge in [-0.25, -0.2) is 0 Å². The van der Waals surface area contributed by atoms with Crippen molar-refractivity contribution in [3.8, 4) is 17.6 Å². The number of fused-ring (bicyclic) bond motifs is 9. The molecule has 1 aliphatic carbocycles. The van der Waals surface area contributed by atoms with Gasteiger partial charge in [-0.3, -0.25) is 9.59 Å². The first-order valence-electron chi connectivity index (χ1n) is 11.6. The summed E-state index contributed by atoms with van der Waals surface area (Å²) in [6, 6.07) is 13.9. The van der Waals surface area contributed by atoms with Crippen LogP contribution in [0.3, 0.4) is 0 Å². The number of aryl methyl sites for hydroxylation is 1. The van der Waals surface area contributed by atoms with Crippen LogP contribution in [0.1, 0.15) is 48.2 Å². The number of carbonyl (C=O) groups is 2. The number of hydrogen-bond acceptors (Lipinski definition) is 5. The van der Waals surface area contributed by atoms with Gasteiger partial charge in [0.1, 0.15) is 36.3 Å². The highest BCUT2D eigenvalue weighted by molar-refractivity contribution is 6.00. The van der Waals surface area contributed by atoms with Gasteiger partial charge in [-0.15, -0.1) is 0 Å². The number of hydrogen-bond donors (Lipinski definition) is 2.